The third-order valence-electron chi connectivity index (χ3n) is 4.09. The molecule has 0 spiro atoms. The van der Waals surface area contributed by atoms with Gasteiger partial charge >= 0.3 is 5.97 Å². The van der Waals surface area contributed by atoms with Gasteiger partial charge in [0.1, 0.15) is 0 Å². The van der Waals surface area contributed by atoms with Gasteiger partial charge in [0.25, 0.3) is 0 Å². The van der Waals surface area contributed by atoms with Gasteiger partial charge in [0.05, 0.1) is 11.3 Å². The molecule has 0 radical (unpaired) electrons. The van der Waals surface area contributed by atoms with Crippen LogP contribution < -0.4 is 5.32 Å². The Hall–Kier alpha value is -1.36. The number of carboxylic acids is 1. The molecule has 0 aromatic heterocycles. The smallest absolute Gasteiger partial charge is 0.335 e. The van der Waals surface area contributed by atoms with E-state index in [-0.39, 0.29) is 17.4 Å². The number of carbonyl (C=O) groups excluding carboxylic acids is 1. The van der Waals surface area contributed by atoms with E-state index >= 15 is 0 Å². The Labute approximate surface area is 119 Å². The summed E-state index contributed by atoms with van der Waals surface area (Å²) in [5.74, 6) is 0.738. The second-order valence-electron chi connectivity index (χ2n) is 5.41. The SMILES string of the molecule is O=C(O)c1ccc(NC(=O)C2CC3CC3C2)c(Br)c1. The maximum absolute atomic E-state index is 12.1. The van der Waals surface area contributed by atoms with Crippen LogP contribution in [0.25, 0.3) is 0 Å². The minimum atomic E-state index is -0.977. The zero-order valence-electron chi connectivity index (χ0n) is 10.2. The summed E-state index contributed by atoms with van der Waals surface area (Å²) in [6.45, 7) is 0. The number of hydrogen-bond acceptors (Lipinski definition) is 2. The van der Waals surface area contributed by atoms with Crippen molar-refractivity contribution in [3.63, 3.8) is 0 Å². The van der Waals surface area contributed by atoms with Gasteiger partial charge < -0.3 is 10.4 Å². The van der Waals surface area contributed by atoms with Crippen LogP contribution in [0.3, 0.4) is 0 Å². The van der Waals surface area contributed by atoms with Crippen LogP contribution in [-0.2, 0) is 4.79 Å². The molecule has 19 heavy (non-hydrogen) atoms. The number of carbonyl (C=O) groups is 2. The van der Waals surface area contributed by atoms with E-state index in [1.54, 1.807) is 6.07 Å². The van der Waals surface area contributed by atoms with Crippen molar-refractivity contribution < 1.29 is 14.7 Å². The van der Waals surface area contributed by atoms with Gasteiger partial charge in [-0.05, 0) is 65.2 Å². The quantitative estimate of drug-likeness (QED) is 0.898. The highest BCUT2D eigenvalue weighted by atomic mass is 79.9. The van der Waals surface area contributed by atoms with Crippen LogP contribution in [0.15, 0.2) is 22.7 Å². The van der Waals surface area contributed by atoms with E-state index in [0.29, 0.717) is 10.2 Å². The predicted octanol–water partition coefficient (Wildman–Crippen LogP) is 3.13. The van der Waals surface area contributed by atoms with Crippen LogP contribution in [0.5, 0.6) is 0 Å². The molecule has 1 amide bonds. The number of benzene rings is 1. The van der Waals surface area contributed by atoms with Gasteiger partial charge in [0.15, 0.2) is 0 Å². The predicted molar refractivity (Wildman–Crippen MR) is 74.1 cm³/mol. The minimum Gasteiger partial charge on any atom is -0.478 e. The number of fused-ring (bicyclic) bond motifs is 1. The summed E-state index contributed by atoms with van der Waals surface area (Å²) in [6.07, 6.45) is 3.30. The first-order chi connectivity index (χ1) is 9.04. The number of nitrogens with one attached hydrogen (secondary N) is 1. The summed E-state index contributed by atoms with van der Waals surface area (Å²) >= 11 is 3.30. The number of hydrogen-bond donors (Lipinski definition) is 2. The van der Waals surface area contributed by atoms with Gasteiger partial charge in [-0.25, -0.2) is 4.79 Å². The molecule has 2 atom stereocenters. The Bertz CT molecular complexity index is 548. The number of halogens is 1. The van der Waals surface area contributed by atoms with Crippen molar-refractivity contribution in [3.8, 4) is 0 Å². The van der Waals surface area contributed by atoms with E-state index in [1.165, 1.54) is 18.6 Å². The summed E-state index contributed by atoms with van der Waals surface area (Å²) in [4.78, 5) is 22.9. The third kappa shape index (κ3) is 2.52. The summed E-state index contributed by atoms with van der Waals surface area (Å²) < 4.78 is 0.601. The minimum absolute atomic E-state index is 0.0518. The first-order valence-corrected chi connectivity index (χ1v) is 7.17. The zero-order valence-corrected chi connectivity index (χ0v) is 11.8. The highest BCUT2D eigenvalue weighted by Gasteiger charge is 2.48. The van der Waals surface area contributed by atoms with Crippen LogP contribution >= 0.6 is 15.9 Å². The molecule has 0 aliphatic heterocycles. The molecule has 2 N–H and O–H groups in total. The van der Waals surface area contributed by atoms with Crippen LogP contribution in [0.4, 0.5) is 5.69 Å². The molecule has 2 fully saturated rings. The highest BCUT2D eigenvalue weighted by Crippen LogP contribution is 2.54. The van der Waals surface area contributed by atoms with Gasteiger partial charge in [0, 0.05) is 10.4 Å². The molecule has 5 heteroatoms. The van der Waals surface area contributed by atoms with Crippen molar-refractivity contribution in [1.82, 2.24) is 0 Å². The van der Waals surface area contributed by atoms with Crippen molar-refractivity contribution >= 4 is 33.5 Å². The number of anilines is 1. The molecule has 1 aromatic carbocycles. The second-order valence-corrected chi connectivity index (χ2v) is 6.27. The van der Waals surface area contributed by atoms with Crippen LogP contribution in [0.2, 0.25) is 0 Å². The average Bonchev–Trinajstić information content (AvgIpc) is 2.98. The van der Waals surface area contributed by atoms with Crippen LogP contribution in [0, 0.1) is 17.8 Å². The lowest BCUT2D eigenvalue weighted by Crippen LogP contribution is -2.21. The Morgan fingerprint density at radius 2 is 1.89 bits per heavy atom. The first-order valence-electron chi connectivity index (χ1n) is 6.38. The highest BCUT2D eigenvalue weighted by molar-refractivity contribution is 9.10. The normalized spacial score (nSPS) is 27.7. The molecule has 2 unspecified atom stereocenters. The monoisotopic (exact) mass is 323 g/mol. The van der Waals surface area contributed by atoms with Crippen LogP contribution in [-0.4, -0.2) is 17.0 Å². The Kier molecular flexibility index (Phi) is 3.09. The molecule has 2 aliphatic carbocycles. The van der Waals surface area contributed by atoms with Crippen molar-refractivity contribution in [1.29, 1.82) is 0 Å². The van der Waals surface area contributed by atoms with Gasteiger partial charge in [-0.2, -0.15) is 0 Å². The molecule has 3 rings (SSSR count). The van der Waals surface area contributed by atoms with E-state index < -0.39 is 5.97 Å². The fraction of sp³-hybridized carbons (Fsp3) is 0.429. The van der Waals surface area contributed by atoms with Crippen molar-refractivity contribution in [2.75, 3.05) is 5.32 Å². The largest absolute Gasteiger partial charge is 0.478 e. The molecule has 2 aliphatic rings. The Morgan fingerprint density at radius 1 is 1.21 bits per heavy atom. The molecule has 0 saturated heterocycles. The van der Waals surface area contributed by atoms with E-state index in [0.717, 1.165) is 24.7 Å². The lowest BCUT2D eigenvalue weighted by Gasteiger charge is -2.13. The van der Waals surface area contributed by atoms with E-state index in [1.807, 2.05) is 0 Å². The maximum atomic E-state index is 12.1. The summed E-state index contributed by atoms with van der Waals surface area (Å²) in [5.41, 5.74) is 0.836. The lowest BCUT2D eigenvalue weighted by molar-refractivity contribution is -0.120. The van der Waals surface area contributed by atoms with E-state index in [2.05, 4.69) is 21.2 Å². The summed E-state index contributed by atoms with van der Waals surface area (Å²) in [6, 6.07) is 4.63. The van der Waals surface area contributed by atoms with E-state index in [4.69, 9.17) is 5.11 Å². The average molecular weight is 324 g/mol. The molecule has 1 aromatic rings. The standard InChI is InChI=1S/C14H14BrNO3/c15-11-6-7(14(18)19)1-2-12(11)16-13(17)10-4-8-3-9(8)5-10/h1-2,6,8-10H,3-5H2,(H,16,17)(H,18,19). The maximum Gasteiger partial charge on any atom is 0.335 e. The Morgan fingerprint density at radius 3 is 2.47 bits per heavy atom. The van der Waals surface area contributed by atoms with Gasteiger partial charge in [-0.1, -0.05) is 0 Å². The topological polar surface area (TPSA) is 66.4 Å². The van der Waals surface area contributed by atoms with Crippen molar-refractivity contribution in [2.24, 2.45) is 17.8 Å². The number of carboxylic acid groups (broad SMARTS) is 1. The summed E-state index contributed by atoms with van der Waals surface area (Å²) in [5, 5.41) is 11.8. The molecular formula is C14H14BrNO3. The number of aromatic carboxylic acids is 1. The molecule has 100 valence electrons. The second kappa shape index (κ2) is 4.63. The molecular weight excluding hydrogens is 310 g/mol. The lowest BCUT2D eigenvalue weighted by atomic mass is 10.0. The zero-order chi connectivity index (χ0) is 13.6. The third-order valence-corrected chi connectivity index (χ3v) is 4.74. The van der Waals surface area contributed by atoms with Crippen molar-refractivity contribution in [2.45, 2.75) is 19.3 Å². The Balaban J connectivity index is 1.69. The number of amides is 1. The summed E-state index contributed by atoms with van der Waals surface area (Å²) in [7, 11) is 0. The van der Waals surface area contributed by atoms with Gasteiger partial charge in [0.2, 0.25) is 5.91 Å². The molecule has 0 bridgehead atoms. The fourth-order valence-electron chi connectivity index (χ4n) is 2.91. The van der Waals surface area contributed by atoms with Gasteiger partial charge in [-0.15, -0.1) is 0 Å². The van der Waals surface area contributed by atoms with Gasteiger partial charge in [-0.3, -0.25) is 4.79 Å². The van der Waals surface area contributed by atoms with Crippen molar-refractivity contribution in [3.05, 3.63) is 28.2 Å². The number of rotatable bonds is 3. The molecule has 4 nitrogen and oxygen atoms in total. The molecule has 2 saturated carbocycles. The molecule has 0 heterocycles. The van der Waals surface area contributed by atoms with E-state index in [9.17, 15) is 9.59 Å². The first kappa shape index (κ1) is 12.7. The van der Waals surface area contributed by atoms with Crippen LogP contribution in [0.1, 0.15) is 29.6 Å². The fourth-order valence-corrected chi connectivity index (χ4v) is 3.39.